The smallest absolute Gasteiger partial charge is 0.277 e. The molecule has 9 heteroatoms. The van der Waals surface area contributed by atoms with Gasteiger partial charge in [-0.15, -0.1) is 0 Å². The normalized spacial score (nSPS) is 16.7. The molecule has 3 aromatic rings. The van der Waals surface area contributed by atoms with Gasteiger partial charge >= 0.3 is 0 Å². The molecular formula is C26H28FN5O3. The molecule has 4 rings (SSSR count). The lowest BCUT2D eigenvalue weighted by Gasteiger charge is -2.23. The van der Waals surface area contributed by atoms with E-state index in [4.69, 9.17) is 9.84 Å². The monoisotopic (exact) mass is 477 g/mol. The van der Waals surface area contributed by atoms with Gasteiger partial charge in [0.15, 0.2) is 0 Å². The number of carbonyl (C=O) groups is 1. The average molecular weight is 478 g/mol. The van der Waals surface area contributed by atoms with Crippen molar-refractivity contribution in [1.82, 2.24) is 19.8 Å². The second-order valence-corrected chi connectivity index (χ2v) is 8.22. The van der Waals surface area contributed by atoms with E-state index in [1.807, 2.05) is 42.8 Å². The van der Waals surface area contributed by atoms with Crippen molar-refractivity contribution in [3.63, 3.8) is 0 Å². The highest BCUT2D eigenvalue weighted by molar-refractivity contribution is 6.15. The van der Waals surface area contributed by atoms with Crippen molar-refractivity contribution in [2.24, 2.45) is 4.99 Å². The van der Waals surface area contributed by atoms with Gasteiger partial charge in [-0.2, -0.15) is 0 Å². The Kier molecular flexibility index (Phi) is 7.26. The summed E-state index contributed by atoms with van der Waals surface area (Å²) in [6.45, 7) is 4.14. The molecule has 35 heavy (non-hydrogen) atoms. The number of benzene rings is 2. The number of aliphatic hydroxyl groups excluding tert-OH is 1. The van der Waals surface area contributed by atoms with E-state index >= 15 is 0 Å². The van der Waals surface area contributed by atoms with Crippen LogP contribution in [0.25, 0.3) is 11.8 Å². The molecule has 0 bridgehead atoms. The average Bonchev–Trinajstić information content (AvgIpc) is 3.42. The Hall–Kier alpha value is -3.98. The molecule has 1 saturated heterocycles. The lowest BCUT2D eigenvalue weighted by molar-refractivity contribution is -0.123. The number of hydrogen-bond acceptors (Lipinski definition) is 5. The molecular weight excluding hydrogens is 449 g/mol. The van der Waals surface area contributed by atoms with Crippen molar-refractivity contribution in [3.05, 3.63) is 83.3 Å². The second-order valence-electron chi connectivity index (χ2n) is 8.22. The highest BCUT2D eigenvalue weighted by Gasteiger charge is 2.36. The highest BCUT2D eigenvalue weighted by atomic mass is 19.1. The molecule has 8 nitrogen and oxygen atoms in total. The number of aliphatic hydroxyl groups is 1. The quantitative estimate of drug-likeness (QED) is 0.382. The number of hydrogen-bond donors (Lipinski definition) is 2. The van der Waals surface area contributed by atoms with Crippen molar-refractivity contribution in [3.8, 4) is 11.4 Å². The molecule has 1 amide bonds. The van der Waals surface area contributed by atoms with Crippen LogP contribution in [0.3, 0.4) is 0 Å². The van der Waals surface area contributed by atoms with E-state index in [1.165, 1.54) is 12.1 Å². The van der Waals surface area contributed by atoms with Gasteiger partial charge in [0.1, 0.15) is 17.3 Å². The summed E-state index contributed by atoms with van der Waals surface area (Å²) >= 11 is 0. The summed E-state index contributed by atoms with van der Waals surface area (Å²) in [6.07, 6.45) is 5.84. The summed E-state index contributed by atoms with van der Waals surface area (Å²) in [4.78, 5) is 23.7. The Labute approximate surface area is 203 Å². The first kappa shape index (κ1) is 24.2. The van der Waals surface area contributed by atoms with Crippen molar-refractivity contribution in [2.45, 2.75) is 26.3 Å². The third-order valence-electron chi connectivity index (χ3n) is 5.75. The van der Waals surface area contributed by atoms with E-state index in [0.29, 0.717) is 30.4 Å². The molecule has 1 unspecified atom stereocenters. The van der Waals surface area contributed by atoms with Gasteiger partial charge in [-0.3, -0.25) is 14.7 Å². The highest BCUT2D eigenvalue weighted by Crippen LogP contribution is 2.29. The third kappa shape index (κ3) is 5.25. The molecule has 1 aliphatic heterocycles. The molecule has 1 fully saturated rings. The fourth-order valence-electron chi connectivity index (χ4n) is 3.90. The number of methoxy groups -OCH3 is 1. The van der Waals surface area contributed by atoms with Crippen LogP contribution in [0.4, 0.5) is 4.39 Å². The van der Waals surface area contributed by atoms with Crippen LogP contribution in [0.2, 0.25) is 0 Å². The number of imidazole rings is 1. The summed E-state index contributed by atoms with van der Waals surface area (Å²) in [6, 6.07) is 11.3. The lowest BCUT2D eigenvalue weighted by Crippen LogP contribution is -2.35. The van der Waals surface area contributed by atoms with Gasteiger partial charge in [0.25, 0.3) is 5.91 Å². The maximum atomic E-state index is 13.4. The van der Waals surface area contributed by atoms with Gasteiger partial charge in [0, 0.05) is 19.3 Å². The Morgan fingerprint density at radius 3 is 2.69 bits per heavy atom. The van der Waals surface area contributed by atoms with Gasteiger partial charge in [0.05, 0.1) is 30.9 Å². The minimum Gasteiger partial charge on any atom is -0.495 e. The molecule has 182 valence electrons. The van der Waals surface area contributed by atoms with Crippen molar-refractivity contribution < 1.29 is 19.0 Å². The Morgan fingerprint density at radius 1 is 1.26 bits per heavy atom. The zero-order chi connectivity index (χ0) is 24.9. The summed E-state index contributed by atoms with van der Waals surface area (Å²) in [7, 11) is 1.59. The van der Waals surface area contributed by atoms with Crippen LogP contribution < -0.4 is 10.1 Å². The standard InChI is InChI=1S/C26H28FN5O3/c1-17-15-31(16-29-17)23-10-5-19(14-24(23)35-3)13-22-25(34)32(26(30-22)28-11-4-12-33)18(2)20-6-8-21(27)9-7-20/h5-10,13-16,18,33H,4,11-12H2,1-3H3,(H,28,30)/b22-13-. The maximum absolute atomic E-state index is 13.4. The zero-order valence-electron chi connectivity index (χ0n) is 19.9. The molecule has 0 aliphatic carbocycles. The molecule has 0 saturated carbocycles. The van der Waals surface area contributed by atoms with Crippen LogP contribution in [-0.4, -0.2) is 51.7 Å². The van der Waals surface area contributed by atoms with Crippen LogP contribution in [0.5, 0.6) is 5.75 Å². The Balaban J connectivity index is 1.66. The minimum atomic E-state index is -0.379. The molecule has 1 aromatic heterocycles. The van der Waals surface area contributed by atoms with E-state index in [2.05, 4.69) is 15.3 Å². The Bertz CT molecular complexity index is 1270. The zero-order valence-corrected chi connectivity index (χ0v) is 19.9. The van der Waals surface area contributed by atoms with E-state index in [0.717, 1.165) is 22.5 Å². The van der Waals surface area contributed by atoms with Gasteiger partial charge in [-0.05, 0) is 61.7 Å². The molecule has 2 aromatic carbocycles. The van der Waals surface area contributed by atoms with Crippen LogP contribution in [-0.2, 0) is 4.79 Å². The molecule has 2 N–H and O–H groups in total. The van der Waals surface area contributed by atoms with Crippen LogP contribution in [0.15, 0.2) is 65.7 Å². The van der Waals surface area contributed by atoms with E-state index in [1.54, 1.807) is 36.5 Å². The Morgan fingerprint density at radius 2 is 2.03 bits per heavy atom. The first-order chi connectivity index (χ1) is 16.9. The first-order valence-electron chi connectivity index (χ1n) is 11.3. The summed E-state index contributed by atoms with van der Waals surface area (Å²) in [5.74, 6) is 0.435. The minimum absolute atomic E-state index is 0.00349. The second kappa shape index (κ2) is 10.5. The van der Waals surface area contributed by atoms with E-state index in [9.17, 15) is 9.18 Å². The predicted molar refractivity (Wildman–Crippen MR) is 132 cm³/mol. The molecule has 0 radical (unpaired) electrons. The summed E-state index contributed by atoms with van der Waals surface area (Å²) in [5.41, 5.74) is 3.62. The van der Waals surface area contributed by atoms with Crippen molar-refractivity contribution >= 4 is 17.9 Å². The van der Waals surface area contributed by atoms with E-state index in [-0.39, 0.29) is 24.4 Å². The van der Waals surface area contributed by atoms with Crippen LogP contribution >= 0.6 is 0 Å². The van der Waals surface area contributed by atoms with Gasteiger partial charge in [-0.1, -0.05) is 18.2 Å². The maximum Gasteiger partial charge on any atom is 0.277 e. The summed E-state index contributed by atoms with van der Waals surface area (Å²) in [5, 5.41) is 12.3. The van der Waals surface area contributed by atoms with Crippen molar-refractivity contribution in [1.29, 1.82) is 0 Å². The number of amides is 1. The molecule has 1 atom stereocenters. The fraction of sp³-hybridized carbons (Fsp3) is 0.269. The fourth-order valence-corrected chi connectivity index (χ4v) is 3.90. The SMILES string of the molecule is COc1cc(/C=C2\N/C(=N\CCCO)N(C(C)c3ccc(F)cc3)C2=O)ccc1-n1cnc(C)c1. The van der Waals surface area contributed by atoms with Gasteiger partial charge in [0.2, 0.25) is 5.96 Å². The molecule has 1 aliphatic rings. The predicted octanol–water partition coefficient (Wildman–Crippen LogP) is 3.60. The number of guanidine groups is 1. The molecule has 2 heterocycles. The van der Waals surface area contributed by atoms with Gasteiger partial charge in [-0.25, -0.2) is 9.37 Å². The number of carbonyl (C=O) groups excluding carboxylic acids is 1. The number of nitrogens with one attached hydrogen (secondary N) is 1. The number of aromatic nitrogens is 2. The number of halogens is 1. The number of ether oxygens (including phenoxy) is 1. The lowest BCUT2D eigenvalue weighted by atomic mass is 10.1. The van der Waals surface area contributed by atoms with E-state index < -0.39 is 0 Å². The molecule has 0 spiro atoms. The largest absolute Gasteiger partial charge is 0.495 e. The summed E-state index contributed by atoms with van der Waals surface area (Å²) < 4.78 is 20.9. The third-order valence-corrected chi connectivity index (χ3v) is 5.75. The number of aryl methyl sites for hydroxylation is 1. The number of nitrogens with zero attached hydrogens (tertiary/aromatic N) is 4. The number of rotatable bonds is 8. The van der Waals surface area contributed by atoms with Crippen LogP contribution in [0.1, 0.15) is 36.2 Å². The van der Waals surface area contributed by atoms with Crippen LogP contribution in [0, 0.1) is 12.7 Å². The first-order valence-corrected chi connectivity index (χ1v) is 11.3. The topological polar surface area (TPSA) is 92.0 Å². The van der Waals surface area contributed by atoms with Gasteiger partial charge < -0.3 is 19.7 Å². The van der Waals surface area contributed by atoms with Crippen molar-refractivity contribution in [2.75, 3.05) is 20.3 Å². The number of aliphatic imine (C=N–C) groups is 1.